The van der Waals surface area contributed by atoms with Crippen LogP contribution in [0.1, 0.15) is 47.4 Å². The highest BCUT2D eigenvalue weighted by Gasteiger charge is 2.32. The lowest BCUT2D eigenvalue weighted by molar-refractivity contribution is -0.122. The van der Waals surface area contributed by atoms with E-state index in [1.54, 1.807) is 13.0 Å². The molecule has 9 nitrogen and oxygen atoms in total. The molecule has 3 rings (SSSR count). The van der Waals surface area contributed by atoms with Crippen LogP contribution in [0.5, 0.6) is 0 Å². The lowest BCUT2D eigenvalue weighted by atomic mass is 10.1. The molecule has 5 N–H and O–H groups in total. The number of anilines is 2. The van der Waals surface area contributed by atoms with Crippen molar-refractivity contribution in [1.82, 2.24) is 14.7 Å². The van der Waals surface area contributed by atoms with Crippen molar-refractivity contribution >= 4 is 51.5 Å². The van der Waals surface area contributed by atoms with Crippen molar-refractivity contribution in [1.29, 1.82) is 0 Å². The van der Waals surface area contributed by atoms with Crippen LogP contribution in [0.4, 0.5) is 11.4 Å². The molecule has 32 heavy (non-hydrogen) atoms. The summed E-state index contributed by atoms with van der Waals surface area (Å²) in [7, 11) is 0. The van der Waals surface area contributed by atoms with Gasteiger partial charge in [-0.2, -0.15) is 4.37 Å². The van der Waals surface area contributed by atoms with E-state index >= 15 is 0 Å². The molecule has 2 heterocycles. The van der Waals surface area contributed by atoms with Gasteiger partial charge < -0.3 is 16.8 Å². The summed E-state index contributed by atoms with van der Waals surface area (Å²) in [6.07, 6.45) is 2.35. The smallest absolute Gasteiger partial charge is 0.272 e. The molecule has 0 unspecified atom stereocenters. The van der Waals surface area contributed by atoms with E-state index in [2.05, 4.69) is 28.5 Å². The number of hydrogen-bond acceptors (Lipinski definition) is 7. The van der Waals surface area contributed by atoms with Crippen LogP contribution in [0.25, 0.3) is 10.9 Å². The van der Waals surface area contributed by atoms with Gasteiger partial charge in [0, 0.05) is 11.9 Å². The number of hydrogen-bond donors (Lipinski definition) is 3. The molecule has 0 aliphatic carbocycles. The van der Waals surface area contributed by atoms with Crippen LogP contribution in [0.3, 0.4) is 0 Å². The number of nitrogens with one attached hydrogen (secondary N) is 1. The molecular formula is C22H26N6O3S. The third kappa shape index (κ3) is 4.86. The molecule has 0 saturated heterocycles. The summed E-state index contributed by atoms with van der Waals surface area (Å²) >= 11 is 0.771. The Balaban J connectivity index is 2.01. The molecule has 3 aromatic rings. The van der Waals surface area contributed by atoms with Gasteiger partial charge in [-0.1, -0.05) is 32.0 Å². The van der Waals surface area contributed by atoms with E-state index in [-0.39, 0.29) is 22.2 Å². The zero-order valence-electron chi connectivity index (χ0n) is 18.2. The number of primary amides is 1. The second kappa shape index (κ2) is 9.73. The molecule has 0 aliphatic rings. The molecule has 0 spiro atoms. The first-order valence-electron chi connectivity index (χ1n) is 10.2. The summed E-state index contributed by atoms with van der Waals surface area (Å²) in [5.74, 6) is -1.27. The van der Waals surface area contributed by atoms with Crippen molar-refractivity contribution in [2.75, 3.05) is 17.2 Å². The normalized spacial score (nSPS) is 12.0. The van der Waals surface area contributed by atoms with Crippen molar-refractivity contribution in [3.8, 4) is 0 Å². The fraction of sp³-hybridized carbons (Fsp3) is 0.318. The Labute approximate surface area is 190 Å². The van der Waals surface area contributed by atoms with Gasteiger partial charge >= 0.3 is 0 Å². The largest absolute Gasteiger partial charge is 0.395 e. The molecule has 10 heteroatoms. The molecule has 0 radical (unpaired) electrons. The molecule has 0 fully saturated rings. The van der Waals surface area contributed by atoms with E-state index in [1.165, 1.54) is 11.1 Å². The van der Waals surface area contributed by atoms with Gasteiger partial charge in [-0.25, -0.2) is 0 Å². The summed E-state index contributed by atoms with van der Waals surface area (Å²) in [5.41, 5.74) is 12.2. The van der Waals surface area contributed by atoms with E-state index in [1.807, 2.05) is 24.3 Å². The number of carbonyl (C=O) groups is 3. The number of carbonyl (C=O) groups excluding carboxylic acids is 3. The summed E-state index contributed by atoms with van der Waals surface area (Å²) in [4.78, 5) is 43.7. The maximum Gasteiger partial charge on any atom is 0.272 e. The van der Waals surface area contributed by atoms with E-state index in [9.17, 15) is 14.4 Å². The fourth-order valence-corrected chi connectivity index (χ4v) is 3.94. The first-order chi connectivity index (χ1) is 15.2. The van der Waals surface area contributed by atoms with Crippen LogP contribution in [0, 0.1) is 5.92 Å². The van der Waals surface area contributed by atoms with Gasteiger partial charge in [-0.05, 0) is 42.9 Å². The quantitative estimate of drug-likeness (QED) is 0.477. The second-order valence-corrected chi connectivity index (χ2v) is 8.62. The van der Waals surface area contributed by atoms with Gasteiger partial charge in [0.05, 0.1) is 23.1 Å². The predicted molar refractivity (Wildman–Crippen MR) is 126 cm³/mol. The molecular weight excluding hydrogens is 428 g/mol. The van der Waals surface area contributed by atoms with Crippen LogP contribution in [-0.2, 0) is 4.79 Å². The van der Waals surface area contributed by atoms with E-state index in [4.69, 9.17) is 11.5 Å². The van der Waals surface area contributed by atoms with Gasteiger partial charge in [-0.15, -0.1) is 0 Å². The lowest BCUT2D eigenvalue weighted by Crippen LogP contribution is -2.48. The number of nitrogen functional groups attached to an aromatic ring is 1. The average molecular weight is 455 g/mol. The number of para-hydroxylation sites is 1. The molecule has 1 atom stereocenters. The Morgan fingerprint density at radius 2 is 1.91 bits per heavy atom. The molecule has 0 saturated carbocycles. The minimum atomic E-state index is -0.865. The van der Waals surface area contributed by atoms with Gasteiger partial charge in [-0.3, -0.25) is 24.3 Å². The maximum atomic E-state index is 13.5. The van der Waals surface area contributed by atoms with Gasteiger partial charge in [0.15, 0.2) is 5.69 Å². The van der Waals surface area contributed by atoms with E-state index in [0.717, 1.165) is 28.9 Å². The standard InChI is InChI=1S/C22H26N6O3S/c1-12(2)8-9-25-21(30)13(3)28(15-10-14-6-4-5-7-16(14)26-11-15)22(31)19-17(23)18(20(24)29)27-32-19/h4-7,10-13H,8-9,23H2,1-3H3,(H2,24,29)(H,25,30)/t13-/m1/s1. The zero-order chi connectivity index (χ0) is 23.4. The van der Waals surface area contributed by atoms with Crippen LogP contribution in [0.2, 0.25) is 0 Å². The van der Waals surface area contributed by atoms with Gasteiger partial charge in [0.25, 0.3) is 11.8 Å². The number of amides is 3. The van der Waals surface area contributed by atoms with Crippen molar-refractivity contribution in [2.24, 2.45) is 11.7 Å². The summed E-state index contributed by atoms with van der Waals surface area (Å²) in [6.45, 7) is 6.25. The second-order valence-electron chi connectivity index (χ2n) is 7.85. The number of pyridine rings is 1. The van der Waals surface area contributed by atoms with Crippen molar-refractivity contribution in [2.45, 2.75) is 33.2 Å². The molecule has 0 bridgehead atoms. The van der Waals surface area contributed by atoms with Gasteiger partial charge in [0.2, 0.25) is 5.91 Å². The number of rotatable bonds is 8. The topological polar surface area (TPSA) is 144 Å². The monoisotopic (exact) mass is 454 g/mol. The minimum absolute atomic E-state index is 0.0359. The molecule has 0 aliphatic heterocycles. The third-order valence-corrected chi connectivity index (χ3v) is 5.87. The Morgan fingerprint density at radius 3 is 2.56 bits per heavy atom. The van der Waals surface area contributed by atoms with Crippen LogP contribution < -0.4 is 21.7 Å². The molecule has 3 amide bonds. The average Bonchev–Trinajstić information content (AvgIpc) is 3.15. The van der Waals surface area contributed by atoms with Crippen LogP contribution in [-0.4, -0.2) is 39.7 Å². The van der Waals surface area contributed by atoms with Gasteiger partial charge in [0.1, 0.15) is 10.9 Å². The number of nitrogens with two attached hydrogens (primary N) is 2. The summed E-state index contributed by atoms with van der Waals surface area (Å²) in [6, 6.07) is 8.37. The Kier molecular flexibility index (Phi) is 7.04. The highest BCUT2D eigenvalue weighted by atomic mass is 32.1. The summed E-state index contributed by atoms with van der Waals surface area (Å²) in [5, 5.41) is 3.69. The number of aromatic nitrogens is 2. The number of nitrogens with zero attached hydrogens (tertiary/aromatic N) is 3. The molecule has 1 aromatic carbocycles. The first-order valence-corrected chi connectivity index (χ1v) is 11.0. The molecule has 2 aromatic heterocycles. The summed E-state index contributed by atoms with van der Waals surface area (Å²) < 4.78 is 3.91. The maximum absolute atomic E-state index is 13.5. The van der Waals surface area contributed by atoms with Crippen LogP contribution in [0.15, 0.2) is 36.5 Å². The number of benzene rings is 1. The van der Waals surface area contributed by atoms with E-state index in [0.29, 0.717) is 18.2 Å². The molecule has 168 valence electrons. The van der Waals surface area contributed by atoms with Crippen LogP contribution >= 0.6 is 11.5 Å². The SMILES string of the molecule is CC(C)CCNC(=O)[C@@H](C)N(C(=O)c1snc(C(N)=O)c1N)c1cnc2ccccc2c1. The lowest BCUT2D eigenvalue weighted by Gasteiger charge is -2.28. The highest BCUT2D eigenvalue weighted by Crippen LogP contribution is 2.28. The highest BCUT2D eigenvalue weighted by molar-refractivity contribution is 7.09. The fourth-order valence-electron chi connectivity index (χ4n) is 3.20. The first kappa shape index (κ1) is 23.1. The van der Waals surface area contributed by atoms with E-state index < -0.39 is 17.9 Å². The number of fused-ring (bicyclic) bond motifs is 1. The minimum Gasteiger partial charge on any atom is -0.395 e. The Morgan fingerprint density at radius 1 is 1.19 bits per heavy atom. The third-order valence-electron chi connectivity index (χ3n) is 5.02. The predicted octanol–water partition coefficient (Wildman–Crippen LogP) is 2.57. The van der Waals surface area contributed by atoms with Crippen molar-refractivity contribution < 1.29 is 14.4 Å². The van der Waals surface area contributed by atoms with Crippen molar-refractivity contribution in [3.63, 3.8) is 0 Å². The zero-order valence-corrected chi connectivity index (χ0v) is 19.0. The van der Waals surface area contributed by atoms with Crippen molar-refractivity contribution in [3.05, 3.63) is 47.1 Å². The Hall–Kier alpha value is -3.53. The Bertz CT molecular complexity index is 1160.